The number of carboxylic acid groups (broad SMARTS) is 1. The second-order valence-electron chi connectivity index (χ2n) is 4.96. The third-order valence-electron chi connectivity index (χ3n) is 3.36. The van der Waals surface area contributed by atoms with Gasteiger partial charge in [0.25, 0.3) is 0 Å². The van der Waals surface area contributed by atoms with Crippen LogP contribution in [0, 0.1) is 0 Å². The van der Waals surface area contributed by atoms with Crippen LogP contribution in [0.2, 0.25) is 0 Å². The molecule has 0 radical (unpaired) electrons. The van der Waals surface area contributed by atoms with Crippen LogP contribution in [0.25, 0.3) is 0 Å². The van der Waals surface area contributed by atoms with Crippen LogP contribution >= 0.6 is 0 Å². The first-order valence-electron chi connectivity index (χ1n) is 7.14. The third-order valence-corrected chi connectivity index (χ3v) is 3.36. The van der Waals surface area contributed by atoms with Gasteiger partial charge in [-0.25, -0.2) is 0 Å². The SMILES string of the molecule is CCNC(CC(=O)O)C(O)c1ccc2c(c1)OCCCO2. The van der Waals surface area contributed by atoms with Gasteiger partial charge in [-0.15, -0.1) is 0 Å². The first-order valence-corrected chi connectivity index (χ1v) is 7.14. The highest BCUT2D eigenvalue weighted by atomic mass is 16.5. The number of benzene rings is 1. The molecule has 0 amide bonds. The predicted octanol–water partition coefficient (Wildman–Crippen LogP) is 1.33. The first kappa shape index (κ1) is 15.6. The highest BCUT2D eigenvalue weighted by Crippen LogP contribution is 2.33. The largest absolute Gasteiger partial charge is 0.490 e. The van der Waals surface area contributed by atoms with Crippen molar-refractivity contribution in [3.8, 4) is 11.5 Å². The molecule has 1 heterocycles. The fraction of sp³-hybridized carbons (Fsp3) is 0.533. The van der Waals surface area contributed by atoms with Crippen LogP contribution in [0.15, 0.2) is 18.2 Å². The summed E-state index contributed by atoms with van der Waals surface area (Å²) < 4.78 is 11.1. The molecule has 0 saturated carbocycles. The zero-order valence-electron chi connectivity index (χ0n) is 12.0. The molecule has 1 aromatic rings. The fourth-order valence-electron chi connectivity index (χ4n) is 2.34. The van der Waals surface area contributed by atoms with Crippen molar-refractivity contribution < 1.29 is 24.5 Å². The molecule has 0 aliphatic carbocycles. The van der Waals surface area contributed by atoms with E-state index >= 15 is 0 Å². The lowest BCUT2D eigenvalue weighted by atomic mass is 9.99. The molecule has 0 aromatic heterocycles. The van der Waals surface area contributed by atoms with Crippen molar-refractivity contribution in [1.29, 1.82) is 0 Å². The summed E-state index contributed by atoms with van der Waals surface area (Å²) in [4.78, 5) is 10.9. The molecule has 1 aromatic carbocycles. The van der Waals surface area contributed by atoms with Crippen LogP contribution in [0.5, 0.6) is 11.5 Å². The van der Waals surface area contributed by atoms with Crippen molar-refractivity contribution in [2.24, 2.45) is 0 Å². The number of nitrogens with one attached hydrogen (secondary N) is 1. The Balaban J connectivity index is 2.18. The maximum absolute atomic E-state index is 10.9. The summed E-state index contributed by atoms with van der Waals surface area (Å²) in [5.41, 5.74) is 0.617. The summed E-state index contributed by atoms with van der Waals surface area (Å²) >= 11 is 0. The minimum absolute atomic E-state index is 0.149. The molecular weight excluding hydrogens is 274 g/mol. The zero-order valence-corrected chi connectivity index (χ0v) is 12.0. The molecule has 1 aliphatic heterocycles. The fourth-order valence-corrected chi connectivity index (χ4v) is 2.34. The number of rotatable bonds is 6. The van der Waals surface area contributed by atoms with Crippen LogP contribution < -0.4 is 14.8 Å². The monoisotopic (exact) mass is 295 g/mol. The first-order chi connectivity index (χ1) is 10.1. The van der Waals surface area contributed by atoms with E-state index < -0.39 is 18.1 Å². The normalized spacial score (nSPS) is 16.9. The van der Waals surface area contributed by atoms with Crippen LogP contribution in [0.4, 0.5) is 0 Å². The minimum atomic E-state index is -0.950. The van der Waals surface area contributed by atoms with Gasteiger partial charge in [0.2, 0.25) is 0 Å². The van der Waals surface area contributed by atoms with Crippen molar-refractivity contribution >= 4 is 5.97 Å². The summed E-state index contributed by atoms with van der Waals surface area (Å²) in [5, 5.41) is 22.4. The Morgan fingerprint density at radius 2 is 2.05 bits per heavy atom. The zero-order chi connectivity index (χ0) is 15.2. The number of carbonyl (C=O) groups is 1. The molecule has 6 heteroatoms. The van der Waals surface area contributed by atoms with Gasteiger partial charge >= 0.3 is 5.97 Å². The van der Waals surface area contributed by atoms with Gasteiger partial charge in [-0.05, 0) is 24.2 Å². The van der Waals surface area contributed by atoms with Gasteiger partial charge < -0.3 is 25.0 Å². The quantitative estimate of drug-likeness (QED) is 0.734. The Morgan fingerprint density at radius 3 is 2.71 bits per heavy atom. The van der Waals surface area contributed by atoms with E-state index in [0.717, 1.165) is 6.42 Å². The van der Waals surface area contributed by atoms with E-state index in [4.69, 9.17) is 14.6 Å². The molecule has 0 bridgehead atoms. The number of likely N-dealkylation sites (N-methyl/N-ethyl adjacent to an activating group) is 1. The number of hydrogen-bond acceptors (Lipinski definition) is 5. The molecule has 6 nitrogen and oxygen atoms in total. The number of aliphatic hydroxyl groups is 1. The molecule has 0 spiro atoms. The number of aliphatic carboxylic acids is 1. The Hall–Kier alpha value is -1.79. The molecule has 1 aliphatic rings. The maximum atomic E-state index is 10.9. The van der Waals surface area contributed by atoms with Crippen LogP contribution in [0.3, 0.4) is 0 Å². The minimum Gasteiger partial charge on any atom is -0.490 e. The van der Waals surface area contributed by atoms with Crippen LogP contribution in [0.1, 0.15) is 31.4 Å². The summed E-state index contributed by atoms with van der Waals surface area (Å²) in [6, 6.07) is 4.67. The summed E-state index contributed by atoms with van der Waals surface area (Å²) in [6.07, 6.45) is -0.257. The van der Waals surface area contributed by atoms with Gasteiger partial charge in [-0.1, -0.05) is 13.0 Å². The molecule has 3 N–H and O–H groups in total. The van der Waals surface area contributed by atoms with Gasteiger partial charge in [0.15, 0.2) is 11.5 Å². The maximum Gasteiger partial charge on any atom is 0.305 e. The molecule has 2 unspecified atom stereocenters. The molecule has 21 heavy (non-hydrogen) atoms. The van der Waals surface area contributed by atoms with Crippen LogP contribution in [-0.2, 0) is 4.79 Å². The highest BCUT2D eigenvalue weighted by molar-refractivity contribution is 5.67. The Morgan fingerprint density at radius 1 is 1.33 bits per heavy atom. The van der Waals surface area contributed by atoms with E-state index in [0.29, 0.717) is 36.8 Å². The standard InChI is InChI=1S/C15H21NO5/c1-2-16-11(9-14(17)18)15(19)10-4-5-12-13(8-10)21-7-3-6-20-12/h4-5,8,11,15-16,19H,2-3,6-7,9H2,1H3,(H,17,18). The van der Waals surface area contributed by atoms with Crippen molar-refractivity contribution in [2.45, 2.75) is 31.9 Å². The summed E-state index contributed by atoms with van der Waals surface area (Å²) in [5.74, 6) is 0.297. The Kier molecular flexibility index (Phi) is 5.41. The van der Waals surface area contributed by atoms with E-state index in [9.17, 15) is 9.90 Å². The van der Waals surface area contributed by atoms with Gasteiger partial charge in [-0.3, -0.25) is 4.79 Å². The van der Waals surface area contributed by atoms with E-state index in [1.54, 1.807) is 18.2 Å². The number of aliphatic hydroxyl groups excluding tert-OH is 1. The van der Waals surface area contributed by atoms with Crippen molar-refractivity contribution in [3.63, 3.8) is 0 Å². The number of fused-ring (bicyclic) bond motifs is 1. The average molecular weight is 295 g/mol. The smallest absolute Gasteiger partial charge is 0.305 e. The molecule has 0 fully saturated rings. The Bertz CT molecular complexity index is 491. The van der Waals surface area contributed by atoms with E-state index in [1.165, 1.54) is 0 Å². The predicted molar refractivity (Wildman–Crippen MR) is 76.7 cm³/mol. The molecule has 0 saturated heterocycles. The van der Waals surface area contributed by atoms with E-state index in [1.807, 2.05) is 6.92 Å². The lowest BCUT2D eigenvalue weighted by molar-refractivity contribution is -0.138. The molecule has 2 rings (SSSR count). The lowest BCUT2D eigenvalue weighted by Gasteiger charge is -2.23. The van der Waals surface area contributed by atoms with Gasteiger partial charge in [0.1, 0.15) is 0 Å². The molecule has 2 atom stereocenters. The van der Waals surface area contributed by atoms with Gasteiger partial charge in [-0.2, -0.15) is 0 Å². The van der Waals surface area contributed by atoms with Gasteiger partial charge in [0, 0.05) is 12.5 Å². The average Bonchev–Trinajstić information content (AvgIpc) is 2.70. The molecule has 116 valence electrons. The third kappa shape index (κ3) is 4.09. The van der Waals surface area contributed by atoms with Crippen molar-refractivity contribution in [1.82, 2.24) is 5.32 Å². The van der Waals surface area contributed by atoms with Gasteiger partial charge in [0.05, 0.1) is 25.7 Å². The van der Waals surface area contributed by atoms with Crippen molar-refractivity contribution in [2.75, 3.05) is 19.8 Å². The summed E-state index contributed by atoms with van der Waals surface area (Å²) in [6.45, 7) is 3.63. The topological polar surface area (TPSA) is 88.0 Å². The second kappa shape index (κ2) is 7.28. The summed E-state index contributed by atoms with van der Waals surface area (Å²) in [7, 11) is 0. The van der Waals surface area contributed by atoms with E-state index in [2.05, 4.69) is 5.32 Å². The lowest BCUT2D eigenvalue weighted by Crippen LogP contribution is -2.36. The number of ether oxygens (including phenoxy) is 2. The number of carboxylic acids is 1. The van der Waals surface area contributed by atoms with Crippen LogP contribution in [-0.4, -0.2) is 42.0 Å². The second-order valence-corrected chi connectivity index (χ2v) is 4.96. The van der Waals surface area contributed by atoms with E-state index in [-0.39, 0.29) is 6.42 Å². The molecular formula is C15H21NO5. The number of hydrogen-bond donors (Lipinski definition) is 3. The highest BCUT2D eigenvalue weighted by Gasteiger charge is 2.24. The Labute approximate surface area is 123 Å². The van der Waals surface area contributed by atoms with Crippen molar-refractivity contribution in [3.05, 3.63) is 23.8 Å².